The third kappa shape index (κ3) is 2.93. The van der Waals surface area contributed by atoms with Crippen LogP contribution in [0.15, 0.2) is 23.1 Å². The number of benzene rings is 1. The molecule has 4 bridgehead atoms. The number of primary sulfonamides is 1. The van der Waals surface area contributed by atoms with Crippen molar-refractivity contribution < 1.29 is 17.9 Å². The van der Waals surface area contributed by atoms with Gasteiger partial charge in [-0.25, -0.2) is 13.6 Å². The number of hydrogen-bond acceptors (Lipinski definition) is 4. The van der Waals surface area contributed by atoms with Crippen molar-refractivity contribution in [2.45, 2.75) is 43.4 Å². The molecule has 4 fully saturated rings. The van der Waals surface area contributed by atoms with E-state index in [1.807, 2.05) is 0 Å². The van der Waals surface area contributed by atoms with E-state index in [1.54, 1.807) is 6.07 Å². The summed E-state index contributed by atoms with van der Waals surface area (Å²) in [6, 6.07) is 4.56. The minimum Gasteiger partial charge on any atom is -0.495 e. The fourth-order valence-electron chi connectivity index (χ4n) is 5.63. The molecule has 0 radical (unpaired) electrons. The molecule has 0 unspecified atom stereocenters. The van der Waals surface area contributed by atoms with Gasteiger partial charge in [0.2, 0.25) is 15.9 Å². The summed E-state index contributed by atoms with van der Waals surface area (Å²) in [6.07, 6.45) is 6.69. The summed E-state index contributed by atoms with van der Waals surface area (Å²) in [7, 11) is -2.54. The Bertz CT molecular complexity index is 783. The largest absolute Gasteiger partial charge is 0.495 e. The highest BCUT2D eigenvalue weighted by atomic mass is 32.2. The van der Waals surface area contributed by atoms with Crippen molar-refractivity contribution in [1.29, 1.82) is 0 Å². The van der Waals surface area contributed by atoms with Gasteiger partial charge < -0.3 is 10.1 Å². The molecule has 0 spiro atoms. The quantitative estimate of drug-likeness (QED) is 0.857. The second kappa shape index (κ2) is 5.71. The normalized spacial score (nSPS) is 33.3. The lowest BCUT2D eigenvalue weighted by atomic mass is 9.49. The number of amides is 1. The summed E-state index contributed by atoms with van der Waals surface area (Å²) in [6.45, 7) is 0. The van der Waals surface area contributed by atoms with Crippen LogP contribution in [0.4, 0.5) is 5.69 Å². The Kier molecular flexibility index (Phi) is 3.85. The summed E-state index contributed by atoms with van der Waals surface area (Å²) in [4.78, 5) is 12.9. The lowest BCUT2D eigenvalue weighted by Gasteiger charge is -2.55. The molecule has 1 amide bonds. The molecule has 3 N–H and O–H groups in total. The van der Waals surface area contributed by atoms with E-state index in [4.69, 9.17) is 9.88 Å². The Labute approximate surface area is 148 Å². The average Bonchev–Trinajstić information content (AvgIpc) is 2.52. The van der Waals surface area contributed by atoms with Gasteiger partial charge in [0.1, 0.15) is 10.6 Å². The molecule has 4 aliphatic rings. The Morgan fingerprint density at radius 2 is 1.72 bits per heavy atom. The van der Waals surface area contributed by atoms with Crippen molar-refractivity contribution in [1.82, 2.24) is 0 Å². The van der Waals surface area contributed by atoms with Gasteiger partial charge in [0.15, 0.2) is 0 Å². The van der Waals surface area contributed by atoms with E-state index in [9.17, 15) is 13.2 Å². The molecule has 4 aliphatic carbocycles. The van der Waals surface area contributed by atoms with Crippen molar-refractivity contribution >= 4 is 21.6 Å². The van der Waals surface area contributed by atoms with Crippen LogP contribution in [-0.2, 0) is 14.8 Å². The highest BCUT2D eigenvalue weighted by molar-refractivity contribution is 7.89. The maximum Gasteiger partial charge on any atom is 0.241 e. The van der Waals surface area contributed by atoms with Crippen LogP contribution in [0, 0.1) is 23.2 Å². The molecule has 25 heavy (non-hydrogen) atoms. The fourth-order valence-corrected chi connectivity index (χ4v) is 6.35. The predicted octanol–water partition coefficient (Wildman–Crippen LogP) is 2.50. The van der Waals surface area contributed by atoms with Crippen LogP contribution in [0.3, 0.4) is 0 Å². The zero-order chi connectivity index (χ0) is 17.8. The van der Waals surface area contributed by atoms with E-state index in [0.717, 1.165) is 19.3 Å². The lowest BCUT2D eigenvalue weighted by Crippen LogP contribution is -2.51. The van der Waals surface area contributed by atoms with Crippen molar-refractivity contribution in [3.63, 3.8) is 0 Å². The van der Waals surface area contributed by atoms with E-state index in [2.05, 4.69) is 5.32 Å². The van der Waals surface area contributed by atoms with E-state index in [-0.39, 0.29) is 22.0 Å². The minimum atomic E-state index is -3.93. The molecule has 1 aromatic carbocycles. The van der Waals surface area contributed by atoms with Gasteiger partial charge in [-0.05, 0) is 74.5 Å². The summed E-state index contributed by atoms with van der Waals surface area (Å²) < 4.78 is 28.6. The van der Waals surface area contributed by atoms with Crippen molar-refractivity contribution in [2.24, 2.45) is 28.3 Å². The Hall–Kier alpha value is -1.60. The molecule has 0 aromatic heterocycles. The summed E-state index contributed by atoms with van der Waals surface area (Å²) in [5.74, 6) is 2.22. The van der Waals surface area contributed by atoms with Crippen LogP contribution in [0.25, 0.3) is 0 Å². The molecule has 0 saturated heterocycles. The Balaban J connectivity index is 1.59. The number of anilines is 1. The molecule has 6 nitrogen and oxygen atoms in total. The first kappa shape index (κ1) is 16.8. The van der Waals surface area contributed by atoms with Gasteiger partial charge in [0.05, 0.1) is 12.5 Å². The summed E-state index contributed by atoms with van der Waals surface area (Å²) in [5.41, 5.74) is 0.168. The molecular formula is C18H24N2O4S. The zero-order valence-corrected chi connectivity index (χ0v) is 15.1. The molecule has 7 heteroatoms. The Morgan fingerprint density at radius 3 is 2.20 bits per heavy atom. The predicted molar refractivity (Wildman–Crippen MR) is 93.6 cm³/mol. The average molecular weight is 364 g/mol. The highest BCUT2D eigenvalue weighted by Crippen LogP contribution is 2.60. The van der Waals surface area contributed by atoms with E-state index < -0.39 is 10.0 Å². The van der Waals surface area contributed by atoms with Gasteiger partial charge in [0.25, 0.3) is 0 Å². The third-order valence-electron chi connectivity index (χ3n) is 6.25. The minimum absolute atomic E-state index is 0.0251. The second-order valence-electron chi connectivity index (χ2n) is 8.06. The second-order valence-corrected chi connectivity index (χ2v) is 9.59. The molecule has 136 valence electrons. The van der Waals surface area contributed by atoms with E-state index in [0.29, 0.717) is 23.4 Å². The van der Waals surface area contributed by atoms with Crippen molar-refractivity contribution in [2.75, 3.05) is 12.4 Å². The van der Waals surface area contributed by atoms with Crippen LogP contribution in [0.2, 0.25) is 0 Å². The molecule has 0 atom stereocenters. The number of rotatable bonds is 4. The monoisotopic (exact) mass is 364 g/mol. The van der Waals surface area contributed by atoms with E-state index >= 15 is 0 Å². The molecule has 0 aliphatic heterocycles. The maximum atomic E-state index is 13.1. The van der Waals surface area contributed by atoms with Gasteiger partial charge >= 0.3 is 0 Å². The molecule has 1 aromatic rings. The summed E-state index contributed by atoms with van der Waals surface area (Å²) >= 11 is 0. The number of ether oxygens (including phenoxy) is 1. The summed E-state index contributed by atoms with van der Waals surface area (Å²) in [5, 5.41) is 8.21. The number of methoxy groups -OCH3 is 1. The zero-order valence-electron chi connectivity index (χ0n) is 14.3. The smallest absolute Gasteiger partial charge is 0.241 e. The van der Waals surface area contributed by atoms with Gasteiger partial charge in [-0.1, -0.05) is 0 Å². The Morgan fingerprint density at radius 1 is 1.16 bits per heavy atom. The van der Waals surface area contributed by atoms with Crippen LogP contribution >= 0.6 is 0 Å². The number of carbonyl (C=O) groups excluding carboxylic acids is 1. The first-order valence-electron chi connectivity index (χ1n) is 8.81. The molecular weight excluding hydrogens is 340 g/mol. The number of hydrogen-bond donors (Lipinski definition) is 2. The SMILES string of the molecule is COc1ccc(NC(=O)C23CC4CC(CC(C4)C2)C3)cc1S(N)(=O)=O. The number of nitrogens with one attached hydrogen (secondary N) is 1. The third-order valence-corrected chi connectivity index (χ3v) is 7.18. The van der Waals surface area contributed by atoms with Crippen LogP contribution in [0.1, 0.15) is 38.5 Å². The number of nitrogens with two attached hydrogens (primary N) is 1. The first-order chi connectivity index (χ1) is 11.8. The highest BCUT2D eigenvalue weighted by Gasteiger charge is 2.54. The van der Waals surface area contributed by atoms with Gasteiger partial charge in [-0.3, -0.25) is 4.79 Å². The topological polar surface area (TPSA) is 98.5 Å². The van der Waals surface area contributed by atoms with Gasteiger partial charge in [0, 0.05) is 5.69 Å². The molecule has 0 heterocycles. The van der Waals surface area contributed by atoms with Crippen LogP contribution in [0.5, 0.6) is 5.75 Å². The molecule has 5 rings (SSSR count). The lowest BCUT2D eigenvalue weighted by molar-refractivity contribution is -0.140. The van der Waals surface area contributed by atoms with Gasteiger partial charge in [-0.15, -0.1) is 0 Å². The van der Waals surface area contributed by atoms with Crippen molar-refractivity contribution in [3.8, 4) is 5.75 Å². The fraction of sp³-hybridized carbons (Fsp3) is 0.611. The maximum absolute atomic E-state index is 13.1. The number of sulfonamides is 1. The van der Waals surface area contributed by atoms with Crippen molar-refractivity contribution in [3.05, 3.63) is 18.2 Å². The van der Waals surface area contributed by atoms with Gasteiger partial charge in [-0.2, -0.15) is 0 Å². The first-order valence-corrected chi connectivity index (χ1v) is 10.4. The standard InChI is InChI=1S/C18H24N2O4S/c1-24-15-3-2-14(7-16(15)25(19,22)23)20-17(21)18-8-11-4-12(9-18)6-13(5-11)10-18/h2-3,7,11-13H,4-6,8-10H2,1H3,(H,20,21)(H2,19,22,23). The number of carbonyl (C=O) groups is 1. The van der Waals surface area contributed by atoms with Crippen LogP contribution < -0.4 is 15.2 Å². The van der Waals surface area contributed by atoms with Crippen LogP contribution in [-0.4, -0.2) is 21.4 Å². The molecule has 4 saturated carbocycles. The van der Waals surface area contributed by atoms with E-state index in [1.165, 1.54) is 38.5 Å².